The molecule has 1 aromatic rings. The minimum Gasteiger partial charge on any atom is -0.444 e. The highest BCUT2D eigenvalue weighted by molar-refractivity contribution is 5.68. The first-order chi connectivity index (χ1) is 11.2. The van der Waals surface area contributed by atoms with Gasteiger partial charge in [-0.2, -0.15) is 5.10 Å². The molecule has 1 fully saturated rings. The maximum Gasteiger partial charge on any atom is 0.410 e. The van der Waals surface area contributed by atoms with Crippen LogP contribution in [0.4, 0.5) is 19.3 Å². The third-order valence-electron chi connectivity index (χ3n) is 3.71. The van der Waals surface area contributed by atoms with E-state index in [1.54, 1.807) is 17.3 Å². The molecular weight excluding hydrogens is 318 g/mol. The Balaban J connectivity index is 1.84. The predicted molar refractivity (Wildman–Crippen MR) is 87.3 cm³/mol. The Hall–Kier alpha value is -1.86. The number of nitrogens with zero attached hydrogens (tertiary/aromatic N) is 3. The standard InChI is InChI=1S/C16H26F2N4O2/c1-16(2,3)24-15(23)21-7-4-5-12(6-8-21)20-13-9-19-22(10-13)11-14(17)18/h9-10,12,14,20H,4-8,11H2,1-3H3/t12-/m0/s1. The second-order valence-corrected chi connectivity index (χ2v) is 7.08. The molecule has 0 spiro atoms. The molecule has 2 rings (SSSR count). The first-order valence-corrected chi connectivity index (χ1v) is 8.28. The molecule has 1 N–H and O–H groups in total. The van der Waals surface area contributed by atoms with Crippen LogP contribution in [0.25, 0.3) is 0 Å². The van der Waals surface area contributed by atoms with Gasteiger partial charge in [0.1, 0.15) is 12.1 Å². The topological polar surface area (TPSA) is 59.4 Å². The average molecular weight is 344 g/mol. The molecule has 0 bridgehead atoms. The van der Waals surface area contributed by atoms with Crippen LogP contribution in [0.1, 0.15) is 40.0 Å². The van der Waals surface area contributed by atoms with Gasteiger partial charge in [-0.3, -0.25) is 4.68 Å². The van der Waals surface area contributed by atoms with Crippen molar-refractivity contribution < 1.29 is 18.3 Å². The second kappa shape index (κ2) is 7.81. The molecule has 24 heavy (non-hydrogen) atoms. The lowest BCUT2D eigenvalue weighted by molar-refractivity contribution is 0.0256. The summed E-state index contributed by atoms with van der Waals surface area (Å²) < 4.78 is 31.3. The molecule has 1 atom stereocenters. The Bertz CT molecular complexity index is 542. The fourth-order valence-electron chi connectivity index (χ4n) is 2.66. The van der Waals surface area contributed by atoms with E-state index in [2.05, 4.69) is 10.4 Å². The van der Waals surface area contributed by atoms with Gasteiger partial charge in [-0.1, -0.05) is 0 Å². The van der Waals surface area contributed by atoms with E-state index in [0.29, 0.717) is 13.1 Å². The molecule has 0 aliphatic carbocycles. The van der Waals surface area contributed by atoms with Crippen LogP contribution in [0.2, 0.25) is 0 Å². The molecule has 0 radical (unpaired) electrons. The van der Waals surface area contributed by atoms with E-state index >= 15 is 0 Å². The van der Waals surface area contributed by atoms with Gasteiger partial charge in [-0.25, -0.2) is 13.6 Å². The van der Waals surface area contributed by atoms with E-state index < -0.39 is 18.6 Å². The van der Waals surface area contributed by atoms with Gasteiger partial charge < -0.3 is 15.0 Å². The number of carbonyl (C=O) groups excluding carboxylic acids is 1. The fraction of sp³-hybridized carbons (Fsp3) is 0.750. The number of ether oxygens (including phenoxy) is 1. The number of aromatic nitrogens is 2. The summed E-state index contributed by atoms with van der Waals surface area (Å²) in [6.45, 7) is 6.42. The van der Waals surface area contributed by atoms with Crippen molar-refractivity contribution in [2.75, 3.05) is 18.4 Å². The SMILES string of the molecule is CC(C)(C)OC(=O)N1CCC[C@H](Nc2cnn(CC(F)F)c2)CC1. The fourth-order valence-corrected chi connectivity index (χ4v) is 2.66. The van der Waals surface area contributed by atoms with E-state index in [1.807, 2.05) is 20.8 Å². The molecule has 0 unspecified atom stereocenters. The third kappa shape index (κ3) is 5.98. The van der Waals surface area contributed by atoms with Gasteiger partial charge in [-0.15, -0.1) is 0 Å². The quantitative estimate of drug-likeness (QED) is 0.910. The Kier molecular flexibility index (Phi) is 6.01. The zero-order chi connectivity index (χ0) is 17.7. The zero-order valence-electron chi connectivity index (χ0n) is 14.5. The van der Waals surface area contributed by atoms with Gasteiger partial charge >= 0.3 is 6.09 Å². The molecule has 2 heterocycles. The van der Waals surface area contributed by atoms with Crippen LogP contribution >= 0.6 is 0 Å². The molecule has 1 amide bonds. The van der Waals surface area contributed by atoms with Crippen LogP contribution in [0, 0.1) is 0 Å². The normalized spacial score (nSPS) is 19.2. The van der Waals surface area contributed by atoms with E-state index in [4.69, 9.17) is 4.74 Å². The maximum absolute atomic E-state index is 12.3. The molecule has 0 aromatic carbocycles. The van der Waals surface area contributed by atoms with Crippen molar-refractivity contribution in [2.24, 2.45) is 0 Å². The van der Waals surface area contributed by atoms with Crippen LogP contribution in [-0.2, 0) is 11.3 Å². The Morgan fingerprint density at radius 1 is 1.42 bits per heavy atom. The second-order valence-electron chi connectivity index (χ2n) is 7.08. The highest BCUT2D eigenvalue weighted by Gasteiger charge is 2.25. The number of hydrogen-bond acceptors (Lipinski definition) is 4. The summed E-state index contributed by atoms with van der Waals surface area (Å²) in [7, 11) is 0. The molecule has 1 aliphatic heterocycles. The lowest BCUT2D eigenvalue weighted by Gasteiger charge is -2.26. The van der Waals surface area contributed by atoms with Gasteiger partial charge in [-0.05, 0) is 40.0 Å². The van der Waals surface area contributed by atoms with Crippen molar-refractivity contribution in [3.8, 4) is 0 Å². The highest BCUT2D eigenvalue weighted by atomic mass is 19.3. The summed E-state index contributed by atoms with van der Waals surface area (Å²) >= 11 is 0. The summed E-state index contributed by atoms with van der Waals surface area (Å²) in [5, 5.41) is 7.23. The molecule has 1 saturated heterocycles. The molecule has 8 heteroatoms. The number of anilines is 1. The summed E-state index contributed by atoms with van der Waals surface area (Å²) in [4.78, 5) is 13.9. The smallest absolute Gasteiger partial charge is 0.410 e. The van der Waals surface area contributed by atoms with Crippen LogP contribution in [0.5, 0.6) is 0 Å². The minimum atomic E-state index is -2.42. The third-order valence-corrected chi connectivity index (χ3v) is 3.71. The van der Waals surface area contributed by atoms with Crippen LogP contribution < -0.4 is 5.32 Å². The minimum absolute atomic E-state index is 0.182. The number of carbonyl (C=O) groups is 1. The molecular formula is C16H26F2N4O2. The summed E-state index contributed by atoms with van der Waals surface area (Å²) in [5.41, 5.74) is 0.228. The lowest BCUT2D eigenvalue weighted by atomic mass is 10.1. The van der Waals surface area contributed by atoms with Gasteiger partial charge in [0.05, 0.1) is 11.9 Å². The van der Waals surface area contributed by atoms with E-state index in [9.17, 15) is 13.6 Å². The zero-order valence-corrected chi connectivity index (χ0v) is 14.5. The summed E-state index contributed by atoms with van der Waals surface area (Å²) in [6.07, 6.45) is 2.98. The lowest BCUT2D eigenvalue weighted by Crippen LogP contribution is -2.37. The van der Waals surface area contributed by atoms with E-state index in [0.717, 1.165) is 24.9 Å². The van der Waals surface area contributed by atoms with Crippen molar-refractivity contribution in [3.05, 3.63) is 12.4 Å². The molecule has 1 aromatic heterocycles. The highest BCUT2D eigenvalue weighted by Crippen LogP contribution is 2.19. The van der Waals surface area contributed by atoms with Crippen molar-refractivity contribution >= 4 is 11.8 Å². The number of likely N-dealkylation sites (tertiary alicyclic amines) is 1. The van der Waals surface area contributed by atoms with Gasteiger partial charge in [0, 0.05) is 25.3 Å². The van der Waals surface area contributed by atoms with Crippen molar-refractivity contribution in [3.63, 3.8) is 0 Å². The first-order valence-electron chi connectivity index (χ1n) is 8.28. The van der Waals surface area contributed by atoms with Crippen LogP contribution in [0.3, 0.4) is 0 Å². The Morgan fingerprint density at radius 3 is 2.83 bits per heavy atom. The molecule has 136 valence electrons. The number of alkyl halides is 2. The number of amides is 1. The van der Waals surface area contributed by atoms with Gasteiger partial charge in [0.25, 0.3) is 6.43 Å². The number of nitrogens with one attached hydrogen (secondary N) is 1. The number of halogens is 2. The van der Waals surface area contributed by atoms with Gasteiger partial charge in [0.2, 0.25) is 0 Å². The Labute approximate surface area is 141 Å². The number of rotatable bonds is 4. The average Bonchev–Trinajstić information content (AvgIpc) is 2.72. The Morgan fingerprint density at radius 2 is 2.17 bits per heavy atom. The van der Waals surface area contributed by atoms with Crippen LogP contribution in [-0.4, -0.2) is 51.9 Å². The molecule has 0 saturated carbocycles. The molecule has 1 aliphatic rings. The molecule has 6 nitrogen and oxygen atoms in total. The predicted octanol–water partition coefficient (Wildman–Crippen LogP) is 3.35. The van der Waals surface area contributed by atoms with E-state index in [1.165, 1.54) is 4.68 Å². The van der Waals surface area contributed by atoms with Crippen LogP contribution in [0.15, 0.2) is 12.4 Å². The maximum atomic E-state index is 12.3. The van der Waals surface area contributed by atoms with Crippen molar-refractivity contribution in [1.29, 1.82) is 0 Å². The monoisotopic (exact) mass is 344 g/mol. The van der Waals surface area contributed by atoms with Crippen molar-refractivity contribution in [1.82, 2.24) is 14.7 Å². The summed E-state index contributed by atoms with van der Waals surface area (Å²) in [6, 6.07) is 0.182. The van der Waals surface area contributed by atoms with Gasteiger partial charge in [0.15, 0.2) is 0 Å². The largest absolute Gasteiger partial charge is 0.444 e. The van der Waals surface area contributed by atoms with E-state index in [-0.39, 0.29) is 12.1 Å². The van der Waals surface area contributed by atoms with Crippen molar-refractivity contribution in [2.45, 2.75) is 64.6 Å². The summed E-state index contributed by atoms with van der Waals surface area (Å²) in [5.74, 6) is 0. The first kappa shape index (κ1) is 18.5. The number of hydrogen-bond donors (Lipinski definition) is 1.